The fourth-order valence-corrected chi connectivity index (χ4v) is 4.75. The molecular weight excluding hydrogens is 386 g/mol. The number of hydrogen-bond donors (Lipinski definition) is 2. The molecule has 1 amide bonds. The van der Waals surface area contributed by atoms with Gasteiger partial charge < -0.3 is 15.5 Å². The topological polar surface area (TPSA) is 47.6 Å². The standard InChI is InChI=1S/C23H36F2N4O/c1-4-9-28-10-7-19(8-11-28)29-15-18(13-22(29)23(30)27-16(2)3)26-14-17-5-6-20(24)21(25)12-17/h5-6,12,16,18-19,22,26H,4,7-11,13-15H2,1-3H3,(H,27,30)/t18-,22-/m0/s1. The van der Waals surface area contributed by atoms with Crippen LogP contribution in [-0.2, 0) is 11.3 Å². The molecule has 0 aliphatic carbocycles. The largest absolute Gasteiger partial charge is 0.353 e. The number of nitrogens with zero attached hydrogens (tertiary/aromatic N) is 2. The van der Waals surface area contributed by atoms with Crippen LogP contribution < -0.4 is 10.6 Å². The Bertz CT molecular complexity index is 706. The number of halogens is 2. The molecule has 5 nitrogen and oxygen atoms in total. The zero-order valence-corrected chi connectivity index (χ0v) is 18.5. The van der Waals surface area contributed by atoms with Gasteiger partial charge in [-0.25, -0.2) is 8.78 Å². The summed E-state index contributed by atoms with van der Waals surface area (Å²) in [6.07, 6.45) is 4.07. The first-order chi connectivity index (χ1) is 14.4. The van der Waals surface area contributed by atoms with Gasteiger partial charge in [-0.1, -0.05) is 13.0 Å². The highest BCUT2D eigenvalue weighted by molar-refractivity contribution is 5.82. The van der Waals surface area contributed by atoms with Crippen molar-refractivity contribution in [3.05, 3.63) is 35.4 Å². The van der Waals surface area contributed by atoms with Crippen LogP contribution in [0.2, 0.25) is 0 Å². The predicted octanol–water partition coefficient (Wildman–Crippen LogP) is 2.90. The van der Waals surface area contributed by atoms with Gasteiger partial charge in [0, 0.05) is 31.2 Å². The summed E-state index contributed by atoms with van der Waals surface area (Å²) in [5.74, 6) is -1.56. The Labute approximate surface area is 179 Å². The molecule has 0 radical (unpaired) electrons. The summed E-state index contributed by atoms with van der Waals surface area (Å²) in [6, 6.07) is 4.53. The molecule has 0 aromatic heterocycles. The molecular formula is C23H36F2N4O. The number of hydrogen-bond acceptors (Lipinski definition) is 4. The molecule has 2 heterocycles. The average molecular weight is 423 g/mol. The summed E-state index contributed by atoms with van der Waals surface area (Å²) in [5, 5.41) is 6.54. The third-order valence-electron chi connectivity index (χ3n) is 6.22. The highest BCUT2D eigenvalue weighted by Crippen LogP contribution is 2.27. The van der Waals surface area contributed by atoms with E-state index in [4.69, 9.17) is 0 Å². The molecule has 168 valence electrons. The molecule has 2 aliphatic heterocycles. The molecule has 1 aromatic rings. The fraction of sp³-hybridized carbons (Fsp3) is 0.696. The van der Waals surface area contributed by atoms with E-state index in [0.717, 1.165) is 51.5 Å². The lowest BCUT2D eigenvalue weighted by Crippen LogP contribution is -2.52. The Kier molecular flexibility index (Phi) is 8.20. The Balaban J connectivity index is 1.62. The number of likely N-dealkylation sites (tertiary alicyclic amines) is 2. The van der Waals surface area contributed by atoms with Gasteiger partial charge in [-0.2, -0.15) is 0 Å². The van der Waals surface area contributed by atoms with Gasteiger partial charge in [0.25, 0.3) is 0 Å². The first-order valence-corrected chi connectivity index (χ1v) is 11.3. The molecule has 2 saturated heterocycles. The van der Waals surface area contributed by atoms with E-state index in [1.165, 1.54) is 12.5 Å². The van der Waals surface area contributed by atoms with Crippen molar-refractivity contribution in [2.45, 2.75) is 77.2 Å². The zero-order valence-electron chi connectivity index (χ0n) is 18.5. The van der Waals surface area contributed by atoms with Crippen molar-refractivity contribution in [3.8, 4) is 0 Å². The van der Waals surface area contributed by atoms with Crippen LogP contribution in [0.3, 0.4) is 0 Å². The second kappa shape index (κ2) is 10.6. The smallest absolute Gasteiger partial charge is 0.237 e. The third kappa shape index (κ3) is 5.99. The van der Waals surface area contributed by atoms with E-state index in [9.17, 15) is 13.6 Å². The van der Waals surface area contributed by atoms with Crippen molar-refractivity contribution in [1.82, 2.24) is 20.4 Å². The van der Waals surface area contributed by atoms with Crippen molar-refractivity contribution in [2.24, 2.45) is 0 Å². The average Bonchev–Trinajstić information content (AvgIpc) is 3.14. The molecule has 2 aliphatic rings. The number of amides is 1. The molecule has 1 aromatic carbocycles. The number of carbonyl (C=O) groups excluding carboxylic acids is 1. The van der Waals surface area contributed by atoms with Crippen LogP contribution in [-0.4, -0.2) is 66.1 Å². The van der Waals surface area contributed by atoms with Gasteiger partial charge in [0.1, 0.15) is 0 Å². The van der Waals surface area contributed by atoms with Crippen molar-refractivity contribution < 1.29 is 13.6 Å². The van der Waals surface area contributed by atoms with E-state index in [2.05, 4.69) is 27.4 Å². The van der Waals surface area contributed by atoms with Crippen LogP contribution in [0.15, 0.2) is 18.2 Å². The Morgan fingerprint density at radius 2 is 1.93 bits per heavy atom. The van der Waals surface area contributed by atoms with Gasteiger partial charge in [0.05, 0.1) is 6.04 Å². The molecule has 2 N–H and O–H groups in total. The minimum atomic E-state index is -0.828. The van der Waals surface area contributed by atoms with Crippen LogP contribution >= 0.6 is 0 Å². The van der Waals surface area contributed by atoms with Gasteiger partial charge >= 0.3 is 0 Å². The van der Waals surface area contributed by atoms with Gasteiger partial charge in [0.2, 0.25) is 5.91 Å². The van der Waals surface area contributed by atoms with E-state index in [1.807, 2.05) is 13.8 Å². The second-order valence-corrected chi connectivity index (χ2v) is 9.01. The Morgan fingerprint density at radius 3 is 2.57 bits per heavy atom. The van der Waals surface area contributed by atoms with Crippen LogP contribution in [0.1, 0.15) is 52.0 Å². The van der Waals surface area contributed by atoms with Crippen molar-refractivity contribution >= 4 is 5.91 Å². The summed E-state index contributed by atoms with van der Waals surface area (Å²) < 4.78 is 26.7. The molecule has 3 rings (SSSR count). The normalized spacial score (nSPS) is 23.9. The minimum absolute atomic E-state index is 0.0955. The van der Waals surface area contributed by atoms with E-state index in [0.29, 0.717) is 18.2 Å². The molecule has 7 heteroatoms. The van der Waals surface area contributed by atoms with Crippen molar-refractivity contribution in [3.63, 3.8) is 0 Å². The van der Waals surface area contributed by atoms with Crippen LogP contribution in [0.4, 0.5) is 8.78 Å². The summed E-state index contributed by atoms with van der Waals surface area (Å²) in [5.41, 5.74) is 0.711. The summed E-state index contributed by atoms with van der Waals surface area (Å²) in [6.45, 7) is 10.8. The molecule has 2 atom stereocenters. The highest BCUT2D eigenvalue weighted by atomic mass is 19.2. The molecule has 30 heavy (non-hydrogen) atoms. The number of rotatable bonds is 8. The molecule has 0 spiro atoms. The molecule has 0 unspecified atom stereocenters. The fourth-order valence-electron chi connectivity index (χ4n) is 4.75. The monoisotopic (exact) mass is 422 g/mol. The maximum atomic E-state index is 13.5. The lowest BCUT2D eigenvalue weighted by Gasteiger charge is -2.39. The van der Waals surface area contributed by atoms with Crippen LogP contribution in [0, 0.1) is 11.6 Å². The zero-order chi connectivity index (χ0) is 21.7. The quantitative estimate of drug-likeness (QED) is 0.676. The van der Waals surface area contributed by atoms with Gasteiger partial charge in [-0.3, -0.25) is 9.69 Å². The predicted molar refractivity (Wildman–Crippen MR) is 115 cm³/mol. The van der Waals surface area contributed by atoms with Crippen LogP contribution in [0.5, 0.6) is 0 Å². The molecule has 2 fully saturated rings. The second-order valence-electron chi connectivity index (χ2n) is 9.01. The highest BCUT2D eigenvalue weighted by Gasteiger charge is 2.41. The molecule has 0 saturated carbocycles. The van der Waals surface area contributed by atoms with Crippen molar-refractivity contribution in [2.75, 3.05) is 26.2 Å². The maximum Gasteiger partial charge on any atom is 0.237 e. The van der Waals surface area contributed by atoms with Gasteiger partial charge in [0.15, 0.2) is 11.6 Å². The van der Waals surface area contributed by atoms with Gasteiger partial charge in [-0.05, 0) is 76.9 Å². The lowest BCUT2D eigenvalue weighted by molar-refractivity contribution is -0.127. The van der Waals surface area contributed by atoms with E-state index < -0.39 is 11.6 Å². The first-order valence-electron chi connectivity index (χ1n) is 11.3. The minimum Gasteiger partial charge on any atom is -0.353 e. The third-order valence-corrected chi connectivity index (χ3v) is 6.22. The van der Waals surface area contributed by atoms with Crippen molar-refractivity contribution in [1.29, 1.82) is 0 Å². The van der Waals surface area contributed by atoms with Gasteiger partial charge in [-0.15, -0.1) is 0 Å². The summed E-state index contributed by atoms with van der Waals surface area (Å²) in [7, 11) is 0. The lowest BCUT2D eigenvalue weighted by atomic mass is 10.0. The number of piperidine rings is 1. The Hall–Kier alpha value is -1.57. The number of benzene rings is 1. The number of nitrogens with one attached hydrogen (secondary N) is 2. The maximum absolute atomic E-state index is 13.5. The summed E-state index contributed by atoms with van der Waals surface area (Å²) in [4.78, 5) is 17.8. The first kappa shape index (κ1) is 23.1. The summed E-state index contributed by atoms with van der Waals surface area (Å²) >= 11 is 0. The molecule has 0 bridgehead atoms. The van der Waals surface area contributed by atoms with E-state index in [-0.39, 0.29) is 24.0 Å². The number of carbonyl (C=O) groups is 1. The van der Waals surface area contributed by atoms with Crippen LogP contribution in [0.25, 0.3) is 0 Å². The van der Waals surface area contributed by atoms with E-state index in [1.54, 1.807) is 6.07 Å². The van der Waals surface area contributed by atoms with E-state index >= 15 is 0 Å². The Morgan fingerprint density at radius 1 is 1.20 bits per heavy atom. The SMILES string of the molecule is CCCN1CCC(N2C[C@@H](NCc3ccc(F)c(F)c3)C[C@H]2C(=O)NC(C)C)CC1.